The highest BCUT2D eigenvalue weighted by atomic mass is 16.5. The van der Waals surface area contributed by atoms with Gasteiger partial charge in [0.15, 0.2) is 11.5 Å². The minimum atomic E-state index is -0.314. The quantitative estimate of drug-likeness (QED) is 0.537. The molecule has 0 saturated heterocycles. The van der Waals surface area contributed by atoms with Crippen LogP contribution in [0.2, 0.25) is 0 Å². The lowest BCUT2D eigenvalue weighted by Crippen LogP contribution is -2.10. The summed E-state index contributed by atoms with van der Waals surface area (Å²) in [6, 6.07) is 2.15. The monoisotopic (exact) mass is 185 g/mol. The lowest BCUT2D eigenvalue weighted by molar-refractivity contribution is 0.289. The molecule has 0 aliphatic rings. The number of hydrogen-bond donors (Lipinski definition) is 4. The minimum absolute atomic E-state index is 0.0664. The van der Waals surface area contributed by atoms with Gasteiger partial charge in [-0.3, -0.25) is 0 Å². The lowest BCUT2D eigenvalue weighted by atomic mass is 10.3. The predicted octanol–water partition coefficient (Wildman–Crippen LogP) is 0.141. The molecule has 0 amide bonds. The number of aromatic hydroxyl groups is 3. The molecule has 5 heteroatoms. The Morgan fingerprint density at radius 1 is 1.15 bits per heavy atom. The first-order valence-electron chi connectivity index (χ1n) is 3.73. The Kier molecular flexibility index (Phi) is 2.81. The van der Waals surface area contributed by atoms with Crippen molar-refractivity contribution in [3.8, 4) is 23.0 Å². The van der Waals surface area contributed by atoms with E-state index >= 15 is 0 Å². The smallest absolute Gasteiger partial charge is 0.203 e. The van der Waals surface area contributed by atoms with Gasteiger partial charge in [-0.15, -0.1) is 0 Å². The van der Waals surface area contributed by atoms with Crippen LogP contribution in [-0.2, 0) is 0 Å². The molecule has 0 radical (unpaired) electrons. The molecule has 1 rings (SSSR count). The van der Waals surface area contributed by atoms with Crippen LogP contribution < -0.4 is 10.5 Å². The highest BCUT2D eigenvalue weighted by Crippen LogP contribution is 2.38. The van der Waals surface area contributed by atoms with E-state index in [1.165, 1.54) is 0 Å². The van der Waals surface area contributed by atoms with E-state index in [4.69, 9.17) is 15.6 Å². The lowest BCUT2D eigenvalue weighted by Gasteiger charge is -2.08. The van der Waals surface area contributed by atoms with Crippen molar-refractivity contribution < 1.29 is 20.1 Å². The van der Waals surface area contributed by atoms with Crippen LogP contribution in [0.5, 0.6) is 23.0 Å². The van der Waals surface area contributed by atoms with Crippen molar-refractivity contribution in [1.82, 2.24) is 0 Å². The van der Waals surface area contributed by atoms with Crippen LogP contribution in [0.3, 0.4) is 0 Å². The Morgan fingerprint density at radius 2 is 1.69 bits per heavy atom. The van der Waals surface area contributed by atoms with Gasteiger partial charge in [-0.1, -0.05) is 0 Å². The van der Waals surface area contributed by atoms with Crippen LogP contribution in [0, 0.1) is 0 Å². The molecule has 0 aromatic heterocycles. The third kappa shape index (κ3) is 2.16. The third-order valence-corrected chi connectivity index (χ3v) is 1.40. The van der Waals surface area contributed by atoms with E-state index in [9.17, 15) is 10.2 Å². The molecule has 13 heavy (non-hydrogen) atoms. The third-order valence-electron chi connectivity index (χ3n) is 1.40. The molecule has 0 aliphatic heterocycles. The van der Waals surface area contributed by atoms with Gasteiger partial charge in [0.2, 0.25) is 5.75 Å². The van der Waals surface area contributed by atoms with Gasteiger partial charge in [0, 0.05) is 18.7 Å². The van der Waals surface area contributed by atoms with Gasteiger partial charge < -0.3 is 25.8 Å². The van der Waals surface area contributed by atoms with Crippen LogP contribution in [0.15, 0.2) is 12.1 Å². The van der Waals surface area contributed by atoms with Gasteiger partial charge in [0.05, 0.1) is 0 Å². The first kappa shape index (κ1) is 9.47. The second kappa shape index (κ2) is 3.86. The van der Waals surface area contributed by atoms with E-state index in [2.05, 4.69) is 0 Å². The first-order valence-corrected chi connectivity index (χ1v) is 3.73. The Bertz CT molecular complexity index is 277. The van der Waals surface area contributed by atoms with Crippen LogP contribution in [0.25, 0.3) is 0 Å². The van der Waals surface area contributed by atoms with Crippen LogP contribution in [-0.4, -0.2) is 28.5 Å². The van der Waals surface area contributed by atoms with E-state index in [0.717, 1.165) is 12.1 Å². The van der Waals surface area contributed by atoms with E-state index in [1.54, 1.807) is 0 Å². The molecule has 0 bridgehead atoms. The van der Waals surface area contributed by atoms with Crippen LogP contribution in [0.1, 0.15) is 0 Å². The average molecular weight is 185 g/mol. The molecule has 72 valence electrons. The van der Waals surface area contributed by atoms with Crippen molar-refractivity contribution in [3.05, 3.63) is 12.1 Å². The summed E-state index contributed by atoms with van der Waals surface area (Å²) in [7, 11) is 0. The minimum Gasteiger partial charge on any atom is -0.508 e. The SMILES string of the molecule is NCCOc1c(O)cc(O)cc1O. The molecule has 5 N–H and O–H groups in total. The average Bonchev–Trinajstić information content (AvgIpc) is 2.02. The Hall–Kier alpha value is -1.62. The van der Waals surface area contributed by atoms with Gasteiger partial charge in [-0.25, -0.2) is 0 Å². The van der Waals surface area contributed by atoms with Crippen molar-refractivity contribution in [2.75, 3.05) is 13.2 Å². The predicted molar refractivity (Wildman–Crippen MR) is 46.0 cm³/mol. The van der Waals surface area contributed by atoms with Gasteiger partial charge in [0.1, 0.15) is 12.4 Å². The fraction of sp³-hybridized carbons (Fsp3) is 0.250. The van der Waals surface area contributed by atoms with Crippen molar-refractivity contribution >= 4 is 0 Å². The highest BCUT2D eigenvalue weighted by Gasteiger charge is 2.10. The van der Waals surface area contributed by atoms with Gasteiger partial charge in [-0.05, 0) is 0 Å². The summed E-state index contributed by atoms with van der Waals surface area (Å²) in [6.07, 6.45) is 0. The highest BCUT2D eigenvalue weighted by molar-refractivity contribution is 5.53. The fourth-order valence-electron chi connectivity index (χ4n) is 0.893. The van der Waals surface area contributed by atoms with Crippen molar-refractivity contribution in [2.45, 2.75) is 0 Å². The molecule has 5 nitrogen and oxygen atoms in total. The second-order valence-electron chi connectivity index (χ2n) is 2.45. The largest absolute Gasteiger partial charge is 0.508 e. The molecule has 0 spiro atoms. The number of benzene rings is 1. The van der Waals surface area contributed by atoms with Gasteiger partial charge in [0.25, 0.3) is 0 Å². The summed E-state index contributed by atoms with van der Waals surface area (Å²) in [5.41, 5.74) is 5.17. The van der Waals surface area contributed by atoms with E-state index < -0.39 is 0 Å². The zero-order valence-corrected chi connectivity index (χ0v) is 6.90. The van der Waals surface area contributed by atoms with Crippen molar-refractivity contribution in [3.63, 3.8) is 0 Å². The number of hydrogen-bond acceptors (Lipinski definition) is 5. The zero-order valence-electron chi connectivity index (χ0n) is 6.90. The van der Waals surface area contributed by atoms with E-state index in [-0.39, 0.29) is 36.1 Å². The number of ether oxygens (including phenoxy) is 1. The fourth-order valence-corrected chi connectivity index (χ4v) is 0.893. The van der Waals surface area contributed by atoms with Crippen molar-refractivity contribution in [1.29, 1.82) is 0 Å². The summed E-state index contributed by atoms with van der Waals surface area (Å²) in [6.45, 7) is 0.464. The molecule has 0 fully saturated rings. The maximum absolute atomic E-state index is 9.21. The zero-order chi connectivity index (χ0) is 9.84. The Balaban J connectivity index is 2.92. The molecule has 0 atom stereocenters. The van der Waals surface area contributed by atoms with E-state index in [1.807, 2.05) is 0 Å². The number of phenols is 3. The molecular formula is C8H11NO4. The Morgan fingerprint density at radius 3 is 2.15 bits per heavy atom. The van der Waals surface area contributed by atoms with E-state index in [0.29, 0.717) is 0 Å². The number of nitrogens with two attached hydrogens (primary N) is 1. The molecule has 0 unspecified atom stereocenters. The number of phenolic OH excluding ortho intramolecular Hbond substituents is 3. The normalized spacial score (nSPS) is 9.92. The standard InChI is InChI=1S/C8H11NO4/c9-1-2-13-8-6(11)3-5(10)4-7(8)12/h3-4,10-12H,1-2,9H2. The summed E-state index contributed by atoms with van der Waals surface area (Å²) in [5, 5.41) is 27.4. The van der Waals surface area contributed by atoms with Gasteiger partial charge in [-0.2, -0.15) is 0 Å². The van der Waals surface area contributed by atoms with Crippen molar-refractivity contribution in [2.24, 2.45) is 5.73 Å². The van der Waals surface area contributed by atoms with Crippen LogP contribution in [0.4, 0.5) is 0 Å². The maximum Gasteiger partial charge on any atom is 0.203 e. The molecule has 0 heterocycles. The summed E-state index contributed by atoms with van der Waals surface area (Å²) in [5.74, 6) is -0.921. The molecule has 0 aliphatic carbocycles. The molecular weight excluding hydrogens is 174 g/mol. The molecule has 0 saturated carbocycles. The van der Waals surface area contributed by atoms with Crippen LogP contribution >= 0.6 is 0 Å². The number of rotatable bonds is 3. The van der Waals surface area contributed by atoms with Gasteiger partial charge >= 0.3 is 0 Å². The second-order valence-corrected chi connectivity index (χ2v) is 2.45. The summed E-state index contributed by atoms with van der Waals surface area (Å²) in [4.78, 5) is 0. The summed E-state index contributed by atoms with van der Waals surface area (Å²) >= 11 is 0. The summed E-state index contributed by atoms with van der Waals surface area (Å²) < 4.78 is 4.94. The molecule has 1 aromatic rings. The maximum atomic E-state index is 9.21. The molecule has 1 aromatic carbocycles. The Labute approximate surface area is 75.0 Å². The first-order chi connectivity index (χ1) is 6.15. The topological polar surface area (TPSA) is 95.9 Å².